The van der Waals surface area contributed by atoms with Gasteiger partial charge in [-0.15, -0.1) is 0 Å². The Kier molecular flexibility index (Phi) is 8.52. The number of nitrogens with one attached hydrogen (secondary N) is 3. The molecule has 2 heterocycles. The van der Waals surface area contributed by atoms with Gasteiger partial charge in [-0.1, -0.05) is 67.6 Å². The molecule has 0 spiro atoms. The van der Waals surface area contributed by atoms with E-state index in [-0.39, 0.29) is 12.5 Å². The second kappa shape index (κ2) is 12.0. The van der Waals surface area contributed by atoms with Crippen LogP contribution < -0.4 is 21.9 Å². The van der Waals surface area contributed by atoms with Crippen LogP contribution in [-0.2, 0) is 20.7 Å². The van der Waals surface area contributed by atoms with Gasteiger partial charge in [-0.05, 0) is 17.5 Å². The van der Waals surface area contributed by atoms with Crippen LogP contribution in [0.2, 0.25) is 0 Å². The summed E-state index contributed by atoms with van der Waals surface area (Å²) in [5.74, 6) is -1.26. The quantitative estimate of drug-likeness (QED) is 0.267. The first-order valence-corrected chi connectivity index (χ1v) is 12.3. The van der Waals surface area contributed by atoms with Crippen molar-refractivity contribution in [3.8, 4) is 0 Å². The molecule has 2 aromatic carbocycles. The van der Waals surface area contributed by atoms with E-state index in [0.29, 0.717) is 6.42 Å². The molecule has 38 heavy (non-hydrogen) atoms. The molecule has 0 bridgehead atoms. The van der Waals surface area contributed by atoms with E-state index in [2.05, 4.69) is 10.6 Å². The first-order chi connectivity index (χ1) is 18.3. The number of aromatic amines is 1. The lowest BCUT2D eigenvalue weighted by atomic mass is 10.0. The summed E-state index contributed by atoms with van der Waals surface area (Å²) in [5, 5.41) is 26.7. The number of carbonyl (C=O) groups excluding carboxylic acids is 2. The molecular formula is C27H30N4O7. The van der Waals surface area contributed by atoms with E-state index in [1.165, 1.54) is 0 Å². The molecule has 0 unspecified atom stereocenters. The molecule has 1 aromatic heterocycles. The maximum atomic E-state index is 13.4. The Morgan fingerprint density at radius 1 is 0.974 bits per heavy atom. The van der Waals surface area contributed by atoms with Crippen LogP contribution in [-0.4, -0.2) is 55.9 Å². The fourth-order valence-corrected chi connectivity index (χ4v) is 4.43. The highest BCUT2D eigenvalue weighted by Crippen LogP contribution is 2.28. The number of nitrogens with zero attached hydrogens (tertiary/aromatic N) is 1. The first-order valence-electron chi connectivity index (χ1n) is 12.3. The van der Waals surface area contributed by atoms with E-state index in [0.717, 1.165) is 28.0 Å². The maximum absolute atomic E-state index is 13.4. The van der Waals surface area contributed by atoms with Gasteiger partial charge in [-0.25, -0.2) is 4.79 Å². The lowest BCUT2D eigenvalue weighted by Crippen LogP contribution is -2.53. The van der Waals surface area contributed by atoms with Crippen LogP contribution in [0.1, 0.15) is 36.7 Å². The van der Waals surface area contributed by atoms with E-state index in [1.54, 1.807) is 0 Å². The van der Waals surface area contributed by atoms with E-state index >= 15 is 0 Å². The van der Waals surface area contributed by atoms with Crippen molar-refractivity contribution in [1.82, 2.24) is 20.2 Å². The number of aliphatic hydroxyl groups is 2. The fourth-order valence-electron chi connectivity index (χ4n) is 4.43. The van der Waals surface area contributed by atoms with Crippen molar-refractivity contribution >= 4 is 11.8 Å². The Morgan fingerprint density at radius 2 is 1.63 bits per heavy atom. The molecule has 4 rings (SSSR count). The molecule has 11 heteroatoms. The molecule has 0 aliphatic carbocycles. The Morgan fingerprint density at radius 3 is 2.26 bits per heavy atom. The Hall–Kier alpha value is -4.06. The van der Waals surface area contributed by atoms with Gasteiger partial charge in [0, 0.05) is 18.7 Å². The number of benzene rings is 2. The normalized spacial score (nSPS) is 22.4. The standard InChI is InChI=1S/C27H30N4O7/c1-2-18(17-11-7-4-8-12-17)28-24(35)19(15-16-9-5-3-6-10-16)29-25(36)23-21(33)22(34)26(38-23)31-14-13-20(32)30-27(31)37/h3-14,18-19,21-23,26,33-34H,2,15H2,1H3,(H,28,35)(H,29,36)(H,30,32,37)/t18-,19+,21-,22+,23-,26+/m0/s1. The molecule has 1 aliphatic rings. The van der Waals surface area contributed by atoms with E-state index in [4.69, 9.17) is 4.74 Å². The molecule has 0 radical (unpaired) electrons. The van der Waals surface area contributed by atoms with Crippen LogP contribution >= 0.6 is 0 Å². The van der Waals surface area contributed by atoms with Crippen LogP contribution in [0, 0.1) is 0 Å². The van der Waals surface area contributed by atoms with Crippen molar-refractivity contribution in [2.75, 3.05) is 0 Å². The maximum Gasteiger partial charge on any atom is 0.330 e. The molecule has 1 fully saturated rings. The van der Waals surface area contributed by atoms with Crippen LogP contribution in [0.15, 0.2) is 82.5 Å². The van der Waals surface area contributed by atoms with Gasteiger partial charge in [-0.3, -0.25) is 23.9 Å². The van der Waals surface area contributed by atoms with Crippen LogP contribution in [0.4, 0.5) is 0 Å². The van der Waals surface area contributed by atoms with Gasteiger partial charge in [-0.2, -0.15) is 0 Å². The van der Waals surface area contributed by atoms with Gasteiger partial charge in [0.15, 0.2) is 12.3 Å². The van der Waals surface area contributed by atoms with E-state index in [1.807, 2.05) is 72.6 Å². The highest BCUT2D eigenvalue weighted by Gasteiger charge is 2.48. The highest BCUT2D eigenvalue weighted by atomic mass is 16.6. The summed E-state index contributed by atoms with van der Waals surface area (Å²) >= 11 is 0. The molecule has 6 atom stereocenters. The van der Waals surface area contributed by atoms with Crippen molar-refractivity contribution in [1.29, 1.82) is 0 Å². The highest BCUT2D eigenvalue weighted by molar-refractivity contribution is 5.90. The van der Waals surface area contributed by atoms with Crippen molar-refractivity contribution in [2.24, 2.45) is 0 Å². The minimum Gasteiger partial charge on any atom is -0.387 e. The summed E-state index contributed by atoms with van der Waals surface area (Å²) in [5.41, 5.74) is 0.193. The van der Waals surface area contributed by atoms with Gasteiger partial charge in [0.25, 0.3) is 11.5 Å². The Balaban J connectivity index is 1.53. The van der Waals surface area contributed by atoms with Crippen molar-refractivity contribution in [2.45, 2.75) is 56.4 Å². The summed E-state index contributed by atoms with van der Waals surface area (Å²) in [6, 6.07) is 18.3. The molecule has 5 N–H and O–H groups in total. The van der Waals surface area contributed by atoms with Crippen molar-refractivity contribution in [3.05, 3.63) is 105 Å². The summed E-state index contributed by atoms with van der Waals surface area (Å²) < 4.78 is 6.43. The first kappa shape index (κ1) is 27.0. The Bertz CT molecular complexity index is 1360. The molecular weight excluding hydrogens is 492 g/mol. The third-order valence-electron chi connectivity index (χ3n) is 6.46. The second-order valence-electron chi connectivity index (χ2n) is 9.08. The predicted octanol–water partition coefficient (Wildman–Crippen LogP) is 0.151. The second-order valence-corrected chi connectivity index (χ2v) is 9.08. The number of H-pyrrole nitrogens is 1. The molecule has 1 saturated heterocycles. The zero-order chi connectivity index (χ0) is 27.2. The van der Waals surface area contributed by atoms with Gasteiger partial charge < -0.3 is 25.6 Å². The van der Waals surface area contributed by atoms with Crippen molar-refractivity contribution in [3.63, 3.8) is 0 Å². The summed E-state index contributed by atoms with van der Waals surface area (Å²) in [7, 11) is 0. The number of carbonyl (C=O) groups is 2. The largest absolute Gasteiger partial charge is 0.387 e. The monoisotopic (exact) mass is 522 g/mol. The third kappa shape index (κ3) is 6.08. The molecule has 2 amide bonds. The van der Waals surface area contributed by atoms with Gasteiger partial charge in [0.2, 0.25) is 5.91 Å². The SMILES string of the molecule is CC[C@H](NC(=O)[C@@H](Cc1ccccc1)NC(=O)[C@H]1O[C@@H](n2ccc(=O)[nH]c2=O)[C@H](O)[C@@H]1O)c1ccccc1. The number of hydrogen-bond donors (Lipinski definition) is 5. The number of aliphatic hydroxyl groups excluding tert-OH is 2. The average molecular weight is 523 g/mol. The van der Waals surface area contributed by atoms with Gasteiger partial charge in [0.05, 0.1) is 6.04 Å². The van der Waals surface area contributed by atoms with Crippen molar-refractivity contribution < 1.29 is 24.5 Å². The molecule has 200 valence electrons. The minimum absolute atomic E-state index is 0.164. The topological polar surface area (TPSA) is 163 Å². The van der Waals surface area contributed by atoms with E-state index < -0.39 is 53.6 Å². The lowest BCUT2D eigenvalue weighted by molar-refractivity contribution is -0.141. The number of ether oxygens (including phenoxy) is 1. The average Bonchev–Trinajstić information content (AvgIpc) is 3.21. The van der Waals surface area contributed by atoms with Gasteiger partial charge in [0.1, 0.15) is 18.2 Å². The Labute approximate surface area is 218 Å². The lowest BCUT2D eigenvalue weighted by Gasteiger charge is -2.25. The molecule has 0 saturated carbocycles. The number of amides is 2. The molecule has 11 nitrogen and oxygen atoms in total. The molecule has 1 aliphatic heterocycles. The minimum atomic E-state index is -1.69. The predicted molar refractivity (Wildman–Crippen MR) is 137 cm³/mol. The zero-order valence-corrected chi connectivity index (χ0v) is 20.7. The number of hydrogen-bond acceptors (Lipinski definition) is 7. The van der Waals surface area contributed by atoms with Crippen LogP contribution in [0.25, 0.3) is 0 Å². The summed E-state index contributed by atoms with van der Waals surface area (Å²) in [4.78, 5) is 52.2. The number of rotatable bonds is 9. The third-order valence-corrected chi connectivity index (χ3v) is 6.46. The summed E-state index contributed by atoms with van der Waals surface area (Å²) in [6.45, 7) is 1.94. The van der Waals surface area contributed by atoms with Crippen LogP contribution in [0.3, 0.4) is 0 Å². The summed E-state index contributed by atoms with van der Waals surface area (Å²) in [6.07, 6.45) is -4.44. The molecule has 3 aromatic rings. The number of aromatic nitrogens is 2. The van der Waals surface area contributed by atoms with Gasteiger partial charge >= 0.3 is 5.69 Å². The zero-order valence-electron chi connectivity index (χ0n) is 20.7. The fraction of sp³-hybridized carbons (Fsp3) is 0.333. The smallest absolute Gasteiger partial charge is 0.330 e. The van der Waals surface area contributed by atoms with E-state index in [9.17, 15) is 29.4 Å². The van der Waals surface area contributed by atoms with Crippen LogP contribution in [0.5, 0.6) is 0 Å².